The second-order valence-corrected chi connectivity index (χ2v) is 6.14. The van der Waals surface area contributed by atoms with Crippen molar-refractivity contribution < 1.29 is 14.9 Å². The van der Waals surface area contributed by atoms with Crippen LogP contribution in [-0.2, 0) is 4.74 Å². The first-order valence-corrected chi connectivity index (χ1v) is 6.62. The lowest BCUT2D eigenvalue weighted by atomic mass is 9.57. The van der Waals surface area contributed by atoms with Gasteiger partial charge < -0.3 is 20.3 Å². The van der Waals surface area contributed by atoms with Crippen LogP contribution in [0.25, 0.3) is 0 Å². The van der Waals surface area contributed by atoms with Crippen LogP contribution in [0.15, 0.2) is 0 Å². The maximum atomic E-state index is 9.50. The Labute approximate surface area is 103 Å². The number of nitrogens with one attached hydrogen (secondary N) is 1. The molecule has 1 aliphatic carbocycles. The van der Waals surface area contributed by atoms with E-state index in [-0.39, 0.29) is 18.6 Å². The molecule has 0 amide bonds. The van der Waals surface area contributed by atoms with Gasteiger partial charge in [0.25, 0.3) is 0 Å². The molecule has 3 unspecified atom stereocenters. The Bertz CT molecular complexity index is 268. The first-order chi connectivity index (χ1) is 8.00. The van der Waals surface area contributed by atoms with E-state index in [2.05, 4.69) is 19.2 Å². The summed E-state index contributed by atoms with van der Waals surface area (Å²) in [7, 11) is 0. The van der Waals surface area contributed by atoms with Crippen molar-refractivity contribution in [3.05, 3.63) is 0 Å². The fourth-order valence-electron chi connectivity index (χ4n) is 3.41. The van der Waals surface area contributed by atoms with Crippen LogP contribution in [0.1, 0.15) is 33.6 Å². The van der Waals surface area contributed by atoms with Crippen molar-refractivity contribution >= 4 is 0 Å². The summed E-state index contributed by atoms with van der Waals surface area (Å²) in [5.41, 5.74) is -0.457. The van der Waals surface area contributed by atoms with Gasteiger partial charge >= 0.3 is 0 Å². The molecule has 3 atom stereocenters. The molecule has 3 N–H and O–H groups in total. The number of aliphatic hydroxyl groups excluding tert-OH is 2. The number of rotatable bonds is 5. The molecule has 4 nitrogen and oxygen atoms in total. The molecule has 1 saturated heterocycles. The minimum atomic E-state index is -0.546. The molecule has 0 spiro atoms. The van der Waals surface area contributed by atoms with E-state index in [4.69, 9.17) is 4.74 Å². The van der Waals surface area contributed by atoms with E-state index in [9.17, 15) is 10.2 Å². The third kappa shape index (κ3) is 1.91. The van der Waals surface area contributed by atoms with Crippen molar-refractivity contribution in [2.45, 2.75) is 51.3 Å². The zero-order valence-electron chi connectivity index (χ0n) is 11.1. The van der Waals surface area contributed by atoms with Crippen LogP contribution in [-0.4, -0.2) is 47.7 Å². The normalized spacial score (nSPS) is 35.5. The summed E-state index contributed by atoms with van der Waals surface area (Å²) in [5, 5.41) is 22.5. The fraction of sp³-hybridized carbons (Fsp3) is 1.00. The first-order valence-electron chi connectivity index (χ1n) is 6.62. The van der Waals surface area contributed by atoms with Crippen LogP contribution >= 0.6 is 0 Å². The summed E-state index contributed by atoms with van der Waals surface area (Å²) in [6.07, 6.45) is 2.15. The molecular weight excluding hydrogens is 218 g/mol. The number of hydrogen-bond donors (Lipinski definition) is 3. The van der Waals surface area contributed by atoms with Gasteiger partial charge in [-0.25, -0.2) is 0 Å². The van der Waals surface area contributed by atoms with Gasteiger partial charge in [0.2, 0.25) is 0 Å². The van der Waals surface area contributed by atoms with Gasteiger partial charge in [-0.3, -0.25) is 0 Å². The van der Waals surface area contributed by atoms with Crippen LogP contribution in [0.5, 0.6) is 0 Å². The third-order valence-corrected chi connectivity index (χ3v) is 4.84. The molecule has 17 heavy (non-hydrogen) atoms. The van der Waals surface area contributed by atoms with Crippen molar-refractivity contribution in [1.29, 1.82) is 0 Å². The van der Waals surface area contributed by atoms with E-state index < -0.39 is 5.54 Å². The molecule has 0 bridgehead atoms. The van der Waals surface area contributed by atoms with E-state index in [1.807, 2.05) is 6.92 Å². The largest absolute Gasteiger partial charge is 0.394 e. The van der Waals surface area contributed by atoms with Gasteiger partial charge in [-0.2, -0.15) is 0 Å². The maximum Gasteiger partial charge on any atom is 0.0685 e. The van der Waals surface area contributed by atoms with Gasteiger partial charge in [-0.1, -0.05) is 20.8 Å². The monoisotopic (exact) mass is 243 g/mol. The van der Waals surface area contributed by atoms with E-state index in [1.54, 1.807) is 0 Å². The van der Waals surface area contributed by atoms with Gasteiger partial charge in [0.15, 0.2) is 0 Å². The number of ether oxygens (including phenoxy) is 1. The molecule has 1 heterocycles. The molecule has 0 aromatic carbocycles. The molecule has 1 saturated carbocycles. The smallest absolute Gasteiger partial charge is 0.0685 e. The van der Waals surface area contributed by atoms with Crippen LogP contribution < -0.4 is 5.32 Å². The second-order valence-electron chi connectivity index (χ2n) is 6.14. The summed E-state index contributed by atoms with van der Waals surface area (Å²) in [5.74, 6) is 0.536. The molecule has 4 heteroatoms. The Morgan fingerprint density at radius 1 is 1.35 bits per heavy atom. The van der Waals surface area contributed by atoms with E-state index >= 15 is 0 Å². The Morgan fingerprint density at radius 3 is 2.53 bits per heavy atom. The van der Waals surface area contributed by atoms with Gasteiger partial charge in [0.1, 0.15) is 0 Å². The Morgan fingerprint density at radius 2 is 2.00 bits per heavy atom. The van der Waals surface area contributed by atoms with Crippen LogP contribution in [0.4, 0.5) is 0 Å². The van der Waals surface area contributed by atoms with E-state index in [0.29, 0.717) is 18.1 Å². The van der Waals surface area contributed by atoms with Gasteiger partial charge in [0.05, 0.1) is 24.9 Å². The number of hydrogen-bond acceptors (Lipinski definition) is 4. The molecule has 1 aliphatic heterocycles. The van der Waals surface area contributed by atoms with Crippen LogP contribution in [0, 0.1) is 11.3 Å². The summed E-state index contributed by atoms with van der Waals surface area (Å²) >= 11 is 0. The zero-order chi connectivity index (χ0) is 12.7. The first kappa shape index (κ1) is 13.3. The average molecular weight is 243 g/mol. The minimum Gasteiger partial charge on any atom is -0.394 e. The molecular formula is C13H25NO3. The van der Waals surface area contributed by atoms with Crippen molar-refractivity contribution in [1.82, 2.24) is 5.32 Å². The quantitative estimate of drug-likeness (QED) is 0.659. The molecule has 100 valence electrons. The molecule has 0 radical (unpaired) electrons. The Hall–Kier alpha value is -0.160. The van der Waals surface area contributed by atoms with Crippen molar-refractivity contribution in [2.75, 3.05) is 19.8 Å². The van der Waals surface area contributed by atoms with Gasteiger partial charge in [-0.05, 0) is 12.8 Å². The summed E-state index contributed by atoms with van der Waals surface area (Å²) < 4.78 is 5.75. The molecule has 0 aromatic heterocycles. The van der Waals surface area contributed by atoms with Crippen LogP contribution in [0.3, 0.4) is 0 Å². The van der Waals surface area contributed by atoms with Gasteiger partial charge in [-0.15, -0.1) is 0 Å². The fourth-order valence-corrected chi connectivity index (χ4v) is 3.41. The number of aliphatic hydroxyl groups is 2. The predicted octanol–water partition coefficient (Wildman–Crippen LogP) is 0.523. The highest BCUT2D eigenvalue weighted by molar-refractivity contribution is 5.13. The average Bonchev–Trinajstić information content (AvgIpc) is 2.78. The lowest BCUT2D eigenvalue weighted by molar-refractivity contribution is -0.126. The number of fused-ring (bicyclic) bond motifs is 1. The predicted molar refractivity (Wildman–Crippen MR) is 65.7 cm³/mol. The van der Waals surface area contributed by atoms with Crippen molar-refractivity contribution in [3.8, 4) is 0 Å². The topological polar surface area (TPSA) is 61.7 Å². The highest BCUT2D eigenvalue weighted by Crippen LogP contribution is 2.52. The van der Waals surface area contributed by atoms with Crippen molar-refractivity contribution in [3.63, 3.8) is 0 Å². The molecule has 2 aliphatic rings. The molecule has 0 aromatic rings. The zero-order valence-corrected chi connectivity index (χ0v) is 11.1. The molecule has 2 rings (SSSR count). The molecule has 2 fully saturated rings. The Kier molecular flexibility index (Phi) is 3.51. The van der Waals surface area contributed by atoms with E-state index in [1.165, 1.54) is 0 Å². The summed E-state index contributed by atoms with van der Waals surface area (Å²) in [4.78, 5) is 0. The second kappa shape index (κ2) is 4.50. The third-order valence-electron chi connectivity index (χ3n) is 4.84. The van der Waals surface area contributed by atoms with Crippen LogP contribution in [0.2, 0.25) is 0 Å². The van der Waals surface area contributed by atoms with Crippen molar-refractivity contribution in [2.24, 2.45) is 11.3 Å². The standard InChI is InChI=1S/C13H25NO3/c1-4-13(7-15,8-16)14-10-9-5-6-17-11(9)12(10,2)3/h9-11,14-16H,4-8H2,1-3H3. The summed E-state index contributed by atoms with van der Waals surface area (Å²) in [6, 6.07) is 0.328. The maximum absolute atomic E-state index is 9.50. The van der Waals surface area contributed by atoms with Gasteiger partial charge in [0, 0.05) is 24.0 Å². The van der Waals surface area contributed by atoms with E-state index in [0.717, 1.165) is 19.4 Å². The lowest BCUT2D eigenvalue weighted by Gasteiger charge is -2.57. The summed E-state index contributed by atoms with van der Waals surface area (Å²) in [6.45, 7) is 7.19. The highest BCUT2D eigenvalue weighted by atomic mass is 16.5. The lowest BCUT2D eigenvalue weighted by Crippen LogP contribution is -2.71. The SMILES string of the molecule is CCC(CO)(CO)NC1C2CCOC2C1(C)C. The highest BCUT2D eigenvalue weighted by Gasteiger charge is 2.60. The Balaban J connectivity index is 2.08. The minimum absolute atomic E-state index is 0.0230.